The number of hydrogen-bond acceptors (Lipinski definition) is 5. The number of ether oxygens (including phenoxy) is 1. The standard InChI is InChI=1S/C21H16N2O3S/c1-25-17-9-7-16(8-10-17)23-21(24)15(14-22)13-18-11-12-20(26-18)27-19-5-3-2-4-6-19/h2-13H,1H3,(H,23,24)/b15-13+. The average molecular weight is 376 g/mol. The van der Waals surface area contributed by atoms with Gasteiger partial charge >= 0.3 is 0 Å². The van der Waals surface area contributed by atoms with Crippen molar-refractivity contribution in [1.82, 2.24) is 0 Å². The summed E-state index contributed by atoms with van der Waals surface area (Å²) in [4.78, 5) is 13.4. The number of nitrogens with one attached hydrogen (secondary N) is 1. The van der Waals surface area contributed by atoms with E-state index >= 15 is 0 Å². The zero-order chi connectivity index (χ0) is 19.1. The number of benzene rings is 2. The third-order valence-electron chi connectivity index (χ3n) is 3.56. The van der Waals surface area contributed by atoms with Gasteiger partial charge in [-0.25, -0.2) is 0 Å². The Morgan fingerprint density at radius 1 is 1.11 bits per heavy atom. The van der Waals surface area contributed by atoms with Gasteiger partial charge in [-0.1, -0.05) is 30.0 Å². The smallest absolute Gasteiger partial charge is 0.266 e. The Bertz CT molecular complexity index is 986. The maximum absolute atomic E-state index is 12.3. The molecule has 0 fully saturated rings. The Balaban J connectivity index is 1.70. The minimum atomic E-state index is -0.503. The largest absolute Gasteiger partial charge is 0.497 e. The predicted molar refractivity (Wildman–Crippen MR) is 104 cm³/mol. The van der Waals surface area contributed by atoms with Gasteiger partial charge in [-0.2, -0.15) is 5.26 Å². The van der Waals surface area contributed by atoms with E-state index in [1.165, 1.54) is 17.8 Å². The third-order valence-corrected chi connectivity index (χ3v) is 4.49. The highest BCUT2D eigenvalue weighted by Gasteiger charge is 2.11. The van der Waals surface area contributed by atoms with E-state index in [1.54, 1.807) is 43.5 Å². The van der Waals surface area contributed by atoms with Crippen molar-refractivity contribution < 1.29 is 13.9 Å². The number of rotatable bonds is 6. The van der Waals surface area contributed by atoms with Crippen LogP contribution < -0.4 is 10.1 Å². The van der Waals surface area contributed by atoms with Gasteiger partial charge in [0.15, 0.2) is 5.09 Å². The first-order valence-corrected chi connectivity index (χ1v) is 8.89. The maximum Gasteiger partial charge on any atom is 0.266 e. The summed E-state index contributed by atoms with van der Waals surface area (Å²) in [6.07, 6.45) is 1.42. The van der Waals surface area contributed by atoms with Crippen LogP contribution in [0.25, 0.3) is 6.08 Å². The highest BCUT2D eigenvalue weighted by molar-refractivity contribution is 7.99. The first kappa shape index (κ1) is 18.4. The Morgan fingerprint density at radius 2 is 1.85 bits per heavy atom. The molecule has 0 unspecified atom stereocenters. The fourth-order valence-electron chi connectivity index (χ4n) is 2.24. The van der Waals surface area contributed by atoms with Gasteiger partial charge in [0, 0.05) is 16.7 Å². The fraction of sp³-hybridized carbons (Fsp3) is 0.0476. The van der Waals surface area contributed by atoms with Crippen LogP contribution in [-0.2, 0) is 4.79 Å². The number of anilines is 1. The molecule has 1 amide bonds. The lowest BCUT2D eigenvalue weighted by molar-refractivity contribution is -0.112. The zero-order valence-electron chi connectivity index (χ0n) is 14.5. The molecule has 0 aliphatic carbocycles. The normalized spacial score (nSPS) is 10.9. The van der Waals surface area contributed by atoms with Crippen molar-refractivity contribution in [1.29, 1.82) is 5.26 Å². The Kier molecular flexibility index (Phi) is 5.98. The molecule has 27 heavy (non-hydrogen) atoms. The first-order chi connectivity index (χ1) is 13.2. The molecule has 1 heterocycles. The summed E-state index contributed by atoms with van der Waals surface area (Å²) in [5.41, 5.74) is 0.526. The van der Waals surface area contributed by atoms with Crippen LogP contribution in [0.3, 0.4) is 0 Å². The second kappa shape index (κ2) is 8.79. The number of nitriles is 1. The summed E-state index contributed by atoms with van der Waals surface area (Å²) >= 11 is 1.47. The van der Waals surface area contributed by atoms with Gasteiger partial charge < -0.3 is 14.5 Å². The number of amides is 1. The molecular weight excluding hydrogens is 360 g/mol. The van der Waals surface area contributed by atoms with E-state index in [2.05, 4.69) is 5.32 Å². The fourth-order valence-corrected chi connectivity index (χ4v) is 3.03. The number of carbonyl (C=O) groups is 1. The second-order valence-corrected chi connectivity index (χ2v) is 6.50. The zero-order valence-corrected chi connectivity index (χ0v) is 15.3. The van der Waals surface area contributed by atoms with Crippen LogP contribution in [0.2, 0.25) is 0 Å². The minimum Gasteiger partial charge on any atom is -0.497 e. The van der Waals surface area contributed by atoms with Crippen LogP contribution in [0.5, 0.6) is 5.75 Å². The van der Waals surface area contributed by atoms with Gasteiger partial charge in [0.25, 0.3) is 5.91 Å². The summed E-state index contributed by atoms with van der Waals surface area (Å²) in [7, 11) is 1.57. The Hall–Kier alpha value is -3.43. The van der Waals surface area contributed by atoms with Crippen molar-refractivity contribution in [3.05, 3.63) is 78.1 Å². The topological polar surface area (TPSA) is 75.3 Å². The molecular formula is C21H16N2O3S. The highest BCUT2D eigenvalue weighted by atomic mass is 32.2. The lowest BCUT2D eigenvalue weighted by Crippen LogP contribution is -2.13. The first-order valence-electron chi connectivity index (χ1n) is 8.08. The molecule has 3 aromatic rings. The van der Waals surface area contributed by atoms with Gasteiger partial charge in [0.1, 0.15) is 23.2 Å². The molecule has 0 aliphatic rings. The van der Waals surface area contributed by atoms with E-state index in [0.29, 0.717) is 22.3 Å². The molecule has 0 atom stereocenters. The number of methoxy groups -OCH3 is 1. The van der Waals surface area contributed by atoms with Crippen molar-refractivity contribution in [2.45, 2.75) is 9.99 Å². The van der Waals surface area contributed by atoms with Crippen molar-refractivity contribution >= 4 is 29.4 Å². The minimum absolute atomic E-state index is 0.0450. The molecule has 1 N–H and O–H groups in total. The molecule has 0 radical (unpaired) electrons. The molecule has 134 valence electrons. The van der Waals surface area contributed by atoms with Crippen LogP contribution in [0.4, 0.5) is 5.69 Å². The highest BCUT2D eigenvalue weighted by Crippen LogP contribution is 2.29. The van der Waals surface area contributed by atoms with Gasteiger partial charge in [-0.15, -0.1) is 0 Å². The van der Waals surface area contributed by atoms with E-state index in [1.807, 2.05) is 36.4 Å². The molecule has 1 aromatic heterocycles. The van der Waals surface area contributed by atoms with Crippen LogP contribution in [0, 0.1) is 11.3 Å². The van der Waals surface area contributed by atoms with Crippen molar-refractivity contribution in [3.8, 4) is 11.8 Å². The van der Waals surface area contributed by atoms with Crippen molar-refractivity contribution in [2.75, 3.05) is 12.4 Å². The van der Waals surface area contributed by atoms with Crippen molar-refractivity contribution in [2.24, 2.45) is 0 Å². The van der Waals surface area contributed by atoms with E-state index in [9.17, 15) is 10.1 Å². The van der Waals surface area contributed by atoms with Crippen molar-refractivity contribution in [3.63, 3.8) is 0 Å². The molecule has 3 rings (SSSR count). The van der Waals surface area contributed by atoms with Crippen LogP contribution in [-0.4, -0.2) is 13.0 Å². The molecule has 0 saturated heterocycles. The molecule has 2 aromatic carbocycles. The lowest BCUT2D eigenvalue weighted by atomic mass is 10.2. The number of nitrogens with zero attached hydrogens (tertiary/aromatic N) is 1. The van der Waals surface area contributed by atoms with Gasteiger partial charge in [0.05, 0.1) is 7.11 Å². The molecule has 0 bridgehead atoms. The second-order valence-electron chi connectivity index (χ2n) is 5.42. The van der Waals surface area contributed by atoms with Crippen LogP contribution in [0.1, 0.15) is 5.76 Å². The monoisotopic (exact) mass is 376 g/mol. The summed E-state index contributed by atoms with van der Waals surface area (Å²) in [5.74, 6) is 0.620. The lowest BCUT2D eigenvalue weighted by Gasteiger charge is -2.05. The average Bonchev–Trinajstić information content (AvgIpc) is 3.14. The quantitative estimate of drug-likeness (QED) is 0.485. The van der Waals surface area contributed by atoms with Crippen LogP contribution >= 0.6 is 11.8 Å². The summed E-state index contributed by atoms with van der Waals surface area (Å²) in [6, 6.07) is 22.1. The summed E-state index contributed by atoms with van der Waals surface area (Å²) in [5, 5.41) is 12.7. The number of furan rings is 1. The Morgan fingerprint density at radius 3 is 2.52 bits per heavy atom. The molecule has 5 nitrogen and oxygen atoms in total. The van der Waals surface area contributed by atoms with E-state index in [4.69, 9.17) is 9.15 Å². The predicted octanol–water partition coefficient (Wildman–Crippen LogP) is 4.99. The van der Waals surface area contributed by atoms with Crippen LogP contribution in [0.15, 0.2) is 86.7 Å². The SMILES string of the molecule is COc1ccc(NC(=O)/C(C#N)=C/c2ccc(Sc3ccccc3)o2)cc1. The molecule has 6 heteroatoms. The van der Waals surface area contributed by atoms with E-state index in [0.717, 1.165) is 4.90 Å². The van der Waals surface area contributed by atoms with Gasteiger partial charge in [0.2, 0.25) is 0 Å². The molecule has 0 spiro atoms. The van der Waals surface area contributed by atoms with Gasteiger partial charge in [-0.05, 0) is 48.5 Å². The molecule has 0 saturated carbocycles. The van der Waals surface area contributed by atoms with E-state index < -0.39 is 5.91 Å². The Labute approximate surface area is 161 Å². The summed E-state index contributed by atoms with van der Waals surface area (Å²) in [6.45, 7) is 0. The number of hydrogen-bond donors (Lipinski definition) is 1. The summed E-state index contributed by atoms with van der Waals surface area (Å²) < 4.78 is 10.8. The number of carbonyl (C=O) groups excluding carboxylic acids is 1. The maximum atomic E-state index is 12.3. The third kappa shape index (κ3) is 5.03. The molecule has 0 aliphatic heterocycles. The van der Waals surface area contributed by atoms with Gasteiger partial charge in [-0.3, -0.25) is 4.79 Å². The van der Waals surface area contributed by atoms with E-state index in [-0.39, 0.29) is 5.57 Å².